The van der Waals surface area contributed by atoms with Gasteiger partial charge in [-0.05, 0) is 11.6 Å². The predicted molar refractivity (Wildman–Crippen MR) is 93.2 cm³/mol. The van der Waals surface area contributed by atoms with Gasteiger partial charge in [0.15, 0.2) is 0 Å². The molecule has 1 aromatic heterocycles. The Balaban J connectivity index is 2.61. The number of aromatic nitrogens is 1. The first-order chi connectivity index (χ1) is 10.2. The van der Waals surface area contributed by atoms with E-state index in [0.717, 1.165) is 16.5 Å². The van der Waals surface area contributed by atoms with E-state index in [2.05, 4.69) is 31.1 Å². The molecular formula is C17H22N2O2Si. The van der Waals surface area contributed by atoms with E-state index in [1.807, 2.05) is 42.1 Å². The number of hydrogen-bond donors (Lipinski definition) is 0. The first kappa shape index (κ1) is 16.3. The average Bonchev–Trinajstić information content (AvgIpc) is 2.75. The second-order valence-corrected chi connectivity index (χ2v) is 11.5. The summed E-state index contributed by atoms with van der Waals surface area (Å²) < 4.78 is 2.01. The van der Waals surface area contributed by atoms with Crippen molar-refractivity contribution >= 4 is 19.0 Å². The molecule has 2 rings (SSSR count). The molecule has 0 aliphatic rings. The summed E-state index contributed by atoms with van der Waals surface area (Å²) in [6.45, 7) is 8.09. The van der Waals surface area contributed by atoms with Gasteiger partial charge in [0.05, 0.1) is 0 Å². The standard InChI is InChI=1S/C17H22N2O2Si/c1-13(19(20)21)14(10-11-22(3,4)5)16-12-18(2)17-9-7-6-8-15(16)17/h6-9,12-14H,1-5H3. The maximum Gasteiger partial charge on any atom is 0.228 e. The number of nitrogens with zero attached hydrogens (tertiary/aromatic N) is 2. The van der Waals surface area contributed by atoms with E-state index in [1.54, 1.807) is 6.92 Å². The van der Waals surface area contributed by atoms with Gasteiger partial charge in [-0.25, -0.2) is 0 Å². The molecule has 1 aromatic carbocycles. The predicted octanol–water partition coefficient (Wildman–Crippen LogP) is 3.81. The Bertz CT molecular complexity index is 762. The molecule has 22 heavy (non-hydrogen) atoms. The summed E-state index contributed by atoms with van der Waals surface area (Å²) in [7, 11) is 0.379. The summed E-state index contributed by atoms with van der Waals surface area (Å²) >= 11 is 0. The molecular weight excluding hydrogens is 292 g/mol. The summed E-state index contributed by atoms with van der Waals surface area (Å²) in [5, 5.41) is 12.4. The number of benzene rings is 1. The van der Waals surface area contributed by atoms with Gasteiger partial charge in [0.2, 0.25) is 6.04 Å². The Labute approximate surface area is 132 Å². The highest BCUT2D eigenvalue weighted by molar-refractivity contribution is 6.83. The third-order valence-corrected chi connectivity index (χ3v) is 4.57. The van der Waals surface area contributed by atoms with Crippen LogP contribution in [0.1, 0.15) is 18.4 Å². The summed E-state index contributed by atoms with van der Waals surface area (Å²) in [4.78, 5) is 11.1. The molecule has 2 unspecified atom stereocenters. The molecule has 4 nitrogen and oxygen atoms in total. The average molecular weight is 314 g/mol. The van der Waals surface area contributed by atoms with E-state index in [-0.39, 0.29) is 10.8 Å². The number of aryl methyl sites for hydroxylation is 1. The Morgan fingerprint density at radius 3 is 2.50 bits per heavy atom. The van der Waals surface area contributed by atoms with Gasteiger partial charge in [-0.2, -0.15) is 0 Å². The molecule has 2 atom stereocenters. The van der Waals surface area contributed by atoms with Crippen LogP contribution < -0.4 is 0 Å². The van der Waals surface area contributed by atoms with Crippen LogP contribution in [0.15, 0.2) is 30.5 Å². The second kappa shape index (κ2) is 5.97. The lowest BCUT2D eigenvalue weighted by atomic mass is 9.93. The van der Waals surface area contributed by atoms with Crippen LogP contribution in [-0.2, 0) is 7.05 Å². The molecule has 5 heteroatoms. The molecule has 0 spiro atoms. The topological polar surface area (TPSA) is 48.1 Å². The lowest BCUT2D eigenvalue weighted by Crippen LogP contribution is -2.24. The fourth-order valence-corrected chi connectivity index (χ4v) is 3.08. The van der Waals surface area contributed by atoms with Gasteiger partial charge >= 0.3 is 0 Å². The van der Waals surface area contributed by atoms with Crippen LogP contribution in [0, 0.1) is 21.6 Å². The van der Waals surface area contributed by atoms with Gasteiger partial charge in [0.25, 0.3) is 0 Å². The first-order valence-corrected chi connectivity index (χ1v) is 10.9. The third-order valence-electron chi connectivity index (χ3n) is 3.68. The zero-order valence-electron chi connectivity index (χ0n) is 13.8. The van der Waals surface area contributed by atoms with Crippen molar-refractivity contribution in [2.45, 2.75) is 38.5 Å². The van der Waals surface area contributed by atoms with Gasteiger partial charge in [-0.1, -0.05) is 43.8 Å². The number of rotatable bonds is 3. The maximum absolute atomic E-state index is 11.3. The SMILES string of the molecule is CC(C(C#C[Si](C)(C)C)c1cn(C)c2ccccc12)[N+](=O)[O-]. The molecule has 0 N–H and O–H groups in total. The van der Waals surface area contributed by atoms with E-state index in [4.69, 9.17) is 0 Å². The number of fused-ring (bicyclic) bond motifs is 1. The second-order valence-electron chi connectivity index (χ2n) is 6.74. The van der Waals surface area contributed by atoms with Crippen LogP contribution in [0.4, 0.5) is 0 Å². The highest BCUT2D eigenvalue weighted by atomic mass is 28.3. The van der Waals surface area contributed by atoms with Gasteiger partial charge in [0, 0.05) is 36.0 Å². The van der Waals surface area contributed by atoms with Gasteiger partial charge < -0.3 is 4.57 Å². The van der Waals surface area contributed by atoms with Crippen molar-refractivity contribution in [3.05, 3.63) is 46.1 Å². The van der Waals surface area contributed by atoms with Gasteiger partial charge in [-0.15, -0.1) is 5.54 Å². The molecule has 2 aromatic rings. The number of nitro groups is 1. The molecule has 0 saturated carbocycles. The highest BCUT2D eigenvalue weighted by Gasteiger charge is 2.29. The minimum absolute atomic E-state index is 0.231. The Kier molecular flexibility index (Phi) is 4.43. The monoisotopic (exact) mass is 314 g/mol. The Hall–Kier alpha value is -2.06. The van der Waals surface area contributed by atoms with E-state index >= 15 is 0 Å². The Morgan fingerprint density at radius 1 is 1.27 bits per heavy atom. The summed E-state index contributed by atoms with van der Waals surface area (Å²) in [5.74, 6) is 2.84. The lowest BCUT2D eigenvalue weighted by molar-refractivity contribution is -0.519. The van der Waals surface area contributed by atoms with Gasteiger partial charge in [-0.3, -0.25) is 10.1 Å². The van der Waals surface area contributed by atoms with Crippen molar-refractivity contribution in [1.29, 1.82) is 0 Å². The van der Waals surface area contributed by atoms with Crippen molar-refractivity contribution < 1.29 is 4.92 Å². The van der Waals surface area contributed by atoms with Gasteiger partial charge in [0.1, 0.15) is 14.0 Å². The highest BCUT2D eigenvalue weighted by Crippen LogP contribution is 2.30. The van der Waals surface area contributed by atoms with Crippen molar-refractivity contribution in [2.75, 3.05) is 0 Å². The molecule has 0 aliphatic carbocycles. The van der Waals surface area contributed by atoms with Crippen LogP contribution >= 0.6 is 0 Å². The molecule has 0 saturated heterocycles. The largest absolute Gasteiger partial charge is 0.350 e. The fraction of sp³-hybridized carbons (Fsp3) is 0.412. The molecule has 0 aliphatic heterocycles. The summed E-state index contributed by atoms with van der Waals surface area (Å²) in [6.07, 6.45) is 1.98. The molecule has 0 amide bonds. The van der Waals surface area contributed by atoms with Crippen LogP contribution in [-0.4, -0.2) is 23.6 Å². The first-order valence-electron chi connectivity index (χ1n) is 7.41. The van der Waals surface area contributed by atoms with Crippen LogP contribution in [0.3, 0.4) is 0 Å². The van der Waals surface area contributed by atoms with Crippen molar-refractivity contribution in [1.82, 2.24) is 4.57 Å². The van der Waals surface area contributed by atoms with E-state index in [9.17, 15) is 10.1 Å². The smallest absolute Gasteiger partial charge is 0.228 e. The molecule has 1 heterocycles. The van der Waals surface area contributed by atoms with Crippen LogP contribution in [0.5, 0.6) is 0 Å². The summed E-state index contributed by atoms with van der Waals surface area (Å²) in [5.41, 5.74) is 5.33. The lowest BCUT2D eigenvalue weighted by Gasteiger charge is -2.13. The number of hydrogen-bond acceptors (Lipinski definition) is 2. The minimum atomic E-state index is -1.58. The number of para-hydroxylation sites is 1. The maximum atomic E-state index is 11.3. The Morgan fingerprint density at radius 2 is 1.91 bits per heavy atom. The van der Waals surface area contributed by atoms with Crippen molar-refractivity contribution in [2.24, 2.45) is 7.05 Å². The van der Waals surface area contributed by atoms with Crippen molar-refractivity contribution in [3.8, 4) is 11.5 Å². The zero-order valence-corrected chi connectivity index (χ0v) is 14.8. The van der Waals surface area contributed by atoms with E-state index < -0.39 is 14.1 Å². The molecule has 0 bridgehead atoms. The van der Waals surface area contributed by atoms with E-state index in [1.165, 1.54) is 0 Å². The summed E-state index contributed by atoms with van der Waals surface area (Å²) in [6, 6.07) is 7.26. The van der Waals surface area contributed by atoms with Crippen LogP contribution in [0.25, 0.3) is 10.9 Å². The molecule has 0 fully saturated rings. The molecule has 0 radical (unpaired) electrons. The zero-order chi connectivity index (χ0) is 16.5. The van der Waals surface area contributed by atoms with Crippen LogP contribution in [0.2, 0.25) is 19.6 Å². The third kappa shape index (κ3) is 3.39. The fourth-order valence-electron chi connectivity index (χ4n) is 2.50. The van der Waals surface area contributed by atoms with Crippen molar-refractivity contribution in [3.63, 3.8) is 0 Å². The molecule has 116 valence electrons. The van der Waals surface area contributed by atoms with E-state index in [0.29, 0.717) is 0 Å². The quantitative estimate of drug-likeness (QED) is 0.374. The minimum Gasteiger partial charge on any atom is -0.350 e. The normalized spacial score (nSPS) is 14.2.